The number of carbonyl (C=O) groups excluding carboxylic acids is 1. The Morgan fingerprint density at radius 2 is 1.63 bits per heavy atom. The highest BCUT2D eigenvalue weighted by Crippen LogP contribution is 2.26. The molecule has 0 aliphatic heterocycles. The van der Waals surface area contributed by atoms with Gasteiger partial charge in [0.15, 0.2) is 0 Å². The molecule has 0 radical (unpaired) electrons. The van der Waals surface area contributed by atoms with Crippen molar-refractivity contribution in [2.45, 2.75) is 19.4 Å². The number of fused-ring (bicyclic) bond motifs is 1. The van der Waals surface area contributed by atoms with E-state index in [-0.39, 0.29) is 12.4 Å². The fraction of sp³-hybridized carbons (Fsp3) is 0.130. The third-order valence-electron chi connectivity index (χ3n) is 4.75. The van der Waals surface area contributed by atoms with E-state index < -0.39 is 0 Å². The molecule has 27 heavy (non-hydrogen) atoms. The van der Waals surface area contributed by atoms with Crippen LogP contribution in [0, 0.1) is 0 Å². The highest BCUT2D eigenvalue weighted by Gasteiger charge is 2.14. The fourth-order valence-corrected chi connectivity index (χ4v) is 3.35. The van der Waals surface area contributed by atoms with E-state index in [1.807, 2.05) is 52.9 Å². The molecule has 0 atom stereocenters. The fourth-order valence-electron chi connectivity index (χ4n) is 3.35. The Hall–Kier alpha value is -3.24. The van der Waals surface area contributed by atoms with Gasteiger partial charge in [0.25, 0.3) is 0 Å². The number of carbonyl (C=O) groups is 1. The van der Waals surface area contributed by atoms with Crippen LogP contribution < -0.4 is 0 Å². The molecule has 4 nitrogen and oxygen atoms in total. The molecule has 1 N–H and O–H groups in total. The standard InChI is InChI=1S/C23H20N2O2/c26-15-18-8-6-17(7-9-18)12-21(27)13-23-22(19-4-2-1-3-5-19)11-10-20-14-24-16-25(20)23/h1-11,14,16,26H,12-13,15H2. The van der Waals surface area contributed by atoms with Crippen molar-refractivity contribution in [3.05, 3.63) is 96.1 Å². The van der Waals surface area contributed by atoms with Crippen LogP contribution in [0.15, 0.2) is 79.3 Å². The predicted molar refractivity (Wildman–Crippen MR) is 105 cm³/mol. The molecule has 0 saturated heterocycles. The molecular weight excluding hydrogens is 336 g/mol. The minimum Gasteiger partial charge on any atom is -0.392 e. The van der Waals surface area contributed by atoms with Crippen molar-refractivity contribution in [3.63, 3.8) is 0 Å². The van der Waals surface area contributed by atoms with Gasteiger partial charge in [0.2, 0.25) is 0 Å². The number of imidazole rings is 1. The molecule has 0 saturated carbocycles. The topological polar surface area (TPSA) is 54.6 Å². The van der Waals surface area contributed by atoms with Crippen LogP contribution >= 0.6 is 0 Å². The average Bonchev–Trinajstić information content (AvgIpc) is 3.19. The van der Waals surface area contributed by atoms with Crippen molar-refractivity contribution >= 4 is 11.3 Å². The molecule has 134 valence electrons. The Morgan fingerprint density at radius 3 is 2.37 bits per heavy atom. The summed E-state index contributed by atoms with van der Waals surface area (Å²) in [5, 5.41) is 9.15. The normalized spacial score (nSPS) is 11.0. The number of hydrogen-bond donors (Lipinski definition) is 1. The van der Waals surface area contributed by atoms with Gasteiger partial charge in [-0.2, -0.15) is 0 Å². The summed E-state index contributed by atoms with van der Waals surface area (Å²) < 4.78 is 2.00. The van der Waals surface area contributed by atoms with Gasteiger partial charge >= 0.3 is 0 Å². The monoisotopic (exact) mass is 356 g/mol. The summed E-state index contributed by atoms with van der Waals surface area (Å²) in [5.41, 5.74) is 5.86. The Balaban J connectivity index is 1.65. The van der Waals surface area contributed by atoms with Crippen LogP contribution in [0.3, 0.4) is 0 Å². The zero-order chi connectivity index (χ0) is 18.6. The van der Waals surface area contributed by atoms with Crippen LogP contribution in [0.4, 0.5) is 0 Å². The highest BCUT2D eigenvalue weighted by molar-refractivity contribution is 5.85. The first-order valence-corrected chi connectivity index (χ1v) is 8.94. The maximum absolute atomic E-state index is 12.8. The molecule has 0 amide bonds. The molecule has 0 aliphatic rings. The number of aliphatic hydroxyl groups is 1. The van der Waals surface area contributed by atoms with Crippen LogP contribution in [0.5, 0.6) is 0 Å². The SMILES string of the molecule is O=C(Cc1ccc(CO)cc1)Cc1c(-c2ccccc2)ccc2cncn12. The number of Topliss-reactive ketones (excluding diaryl/α,β-unsaturated/α-hetero) is 1. The smallest absolute Gasteiger partial charge is 0.143 e. The van der Waals surface area contributed by atoms with Crippen molar-refractivity contribution in [3.8, 4) is 11.1 Å². The van der Waals surface area contributed by atoms with E-state index in [1.54, 1.807) is 12.5 Å². The summed E-state index contributed by atoms with van der Waals surface area (Å²) >= 11 is 0. The molecule has 2 aromatic heterocycles. The lowest BCUT2D eigenvalue weighted by Gasteiger charge is -2.12. The Labute approximate surface area is 157 Å². The molecular formula is C23H20N2O2. The van der Waals surface area contributed by atoms with Crippen molar-refractivity contribution in [1.82, 2.24) is 9.38 Å². The zero-order valence-corrected chi connectivity index (χ0v) is 14.9. The summed E-state index contributed by atoms with van der Waals surface area (Å²) in [7, 11) is 0. The molecule has 4 heteroatoms. The number of nitrogens with zero attached hydrogens (tertiary/aromatic N) is 2. The lowest BCUT2D eigenvalue weighted by Crippen LogP contribution is -2.11. The van der Waals surface area contributed by atoms with E-state index >= 15 is 0 Å². The largest absolute Gasteiger partial charge is 0.392 e. The molecule has 0 bridgehead atoms. The lowest BCUT2D eigenvalue weighted by atomic mass is 9.98. The van der Waals surface area contributed by atoms with Gasteiger partial charge in [-0.25, -0.2) is 4.98 Å². The molecule has 0 spiro atoms. The lowest BCUT2D eigenvalue weighted by molar-refractivity contribution is -0.117. The number of aliphatic hydroxyl groups excluding tert-OH is 1. The van der Waals surface area contributed by atoms with Gasteiger partial charge in [0.05, 0.1) is 24.6 Å². The number of pyridine rings is 1. The average molecular weight is 356 g/mol. The second kappa shape index (κ2) is 7.56. The van der Waals surface area contributed by atoms with E-state index in [9.17, 15) is 4.79 Å². The van der Waals surface area contributed by atoms with Crippen molar-refractivity contribution in [2.75, 3.05) is 0 Å². The number of ketones is 1. The molecule has 0 unspecified atom stereocenters. The van der Waals surface area contributed by atoms with Crippen LogP contribution in [0.2, 0.25) is 0 Å². The first-order chi connectivity index (χ1) is 13.2. The molecule has 0 fully saturated rings. The molecule has 4 rings (SSSR count). The number of aromatic nitrogens is 2. The number of benzene rings is 2. The molecule has 4 aromatic rings. The first-order valence-electron chi connectivity index (χ1n) is 8.94. The zero-order valence-electron chi connectivity index (χ0n) is 14.9. The second-order valence-electron chi connectivity index (χ2n) is 6.62. The molecule has 0 aliphatic carbocycles. The minimum absolute atomic E-state index is 0.0112. The molecule has 2 heterocycles. The Kier molecular flexibility index (Phi) is 4.81. The number of rotatable bonds is 6. The quantitative estimate of drug-likeness (QED) is 0.571. The van der Waals surface area contributed by atoms with E-state index in [2.05, 4.69) is 23.2 Å². The van der Waals surface area contributed by atoms with Gasteiger partial charge in [0.1, 0.15) is 5.78 Å². The second-order valence-corrected chi connectivity index (χ2v) is 6.62. The van der Waals surface area contributed by atoms with Gasteiger partial charge < -0.3 is 9.51 Å². The summed E-state index contributed by atoms with van der Waals surface area (Å²) in [4.78, 5) is 17.0. The Morgan fingerprint density at radius 1 is 0.889 bits per heavy atom. The summed E-state index contributed by atoms with van der Waals surface area (Å²) in [6.07, 6.45) is 4.27. The summed E-state index contributed by atoms with van der Waals surface area (Å²) in [5.74, 6) is 0.144. The van der Waals surface area contributed by atoms with Crippen LogP contribution in [-0.4, -0.2) is 20.3 Å². The van der Waals surface area contributed by atoms with E-state index in [0.717, 1.165) is 33.5 Å². The Bertz CT molecular complexity index is 1070. The molecule has 2 aromatic carbocycles. The third kappa shape index (κ3) is 3.66. The minimum atomic E-state index is 0.0112. The van der Waals surface area contributed by atoms with Gasteiger partial charge in [0, 0.05) is 24.1 Å². The van der Waals surface area contributed by atoms with Crippen LogP contribution in [0.25, 0.3) is 16.6 Å². The first kappa shape index (κ1) is 17.2. The van der Waals surface area contributed by atoms with Gasteiger partial charge in [-0.3, -0.25) is 4.79 Å². The van der Waals surface area contributed by atoms with Crippen LogP contribution in [0.1, 0.15) is 16.8 Å². The van der Waals surface area contributed by atoms with E-state index in [0.29, 0.717) is 12.8 Å². The van der Waals surface area contributed by atoms with Gasteiger partial charge in [-0.05, 0) is 22.8 Å². The van der Waals surface area contributed by atoms with Crippen molar-refractivity contribution in [1.29, 1.82) is 0 Å². The maximum Gasteiger partial charge on any atom is 0.143 e. The number of hydrogen-bond acceptors (Lipinski definition) is 3. The predicted octanol–water partition coefficient (Wildman–Crippen LogP) is 3.85. The highest BCUT2D eigenvalue weighted by atomic mass is 16.3. The van der Waals surface area contributed by atoms with Crippen molar-refractivity contribution in [2.24, 2.45) is 0 Å². The maximum atomic E-state index is 12.8. The van der Waals surface area contributed by atoms with E-state index in [4.69, 9.17) is 5.11 Å². The van der Waals surface area contributed by atoms with Gasteiger partial charge in [-0.15, -0.1) is 0 Å². The van der Waals surface area contributed by atoms with Gasteiger partial charge in [-0.1, -0.05) is 60.7 Å². The van der Waals surface area contributed by atoms with Crippen molar-refractivity contribution < 1.29 is 9.90 Å². The van der Waals surface area contributed by atoms with Crippen LogP contribution in [-0.2, 0) is 24.2 Å². The third-order valence-corrected chi connectivity index (χ3v) is 4.75. The van der Waals surface area contributed by atoms with E-state index in [1.165, 1.54) is 0 Å². The summed E-state index contributed by atoms with van der Waals surface area (Å²) in [6, 6.07) is 21.7. The summed E-state index contributed by atoms with van der Waals surface area (Å²) in [6.45, 7) is 0.0112.